The summed E-state index contributed by atoms with van der Waals surface area (Å²) in [6.45, 7) is 4.25. The fourth-order valence-corrected chi connectivity index (χ4v) is 2.33. The molecule has 1 aromatic heterocycles. The zero-order valence-corrected chi connectivity index (χ0v) is 12.7. The molecule has 0 aliphatic heterocycles. The van der Waals surface area contributed by atoms with Crippen molar-refractivity contribution in [1.29, 1.82) is 0 Å². The average Bonchev–Trinajstić information content (AvgIpc) is 2.42. The van der Waals surface area contributed by atoms with Gasteiger partial charge < -0.3 is 9.30 Å². The van der Waals surface area contributed by atoms with Gasteiger partial charge in [-0.15, -0.1) is 0 Å². The summed E-state index contributed by atoms with van der Waals surface area (Å²) in [5, 5.41) is 0.165. The van der Waals surface area contributed by atoms with Crippen molar-refractivity contribution in [3.05, 3.63) is 44.4 Å². The Morgan fingerprint density at radius 2 is 2.10 bits per heavy atom. The van der Waals surface area contributed by atoms with E-state index in [9.17, 15) is 14.0 Å². The molecule has 0 spiro atoms. The van der Waals surface area contributed by atoms with Crippen molar-refractivity contribution in [3.63, 3.8) is 0 Å². The molecule has 0 radical (unpaired) electrons. The molecule has 6 heteroatoms. The number of hydrogen-bond donors (Lipinski definition) is 0. The third-order valence-corrected chi connectivity index (χ3v) is 3.57. The number of rotatable bonds is 3. The second kappa shape index (κ2) is 5.75. The number of carbonyl (C=O) groups excluding carboxylic acids is 1. The predicted octanol–water partition coefficient (Wildman–Crippen LogP) is 3.10. The van der Waals surface area contributed by atoms with Crippen molar-refractivity contribution in [2.45, 2.75) is 20.4 Å². The molecule has 0 N–H and O–H groups in total. The monoisotopic (exact) mass is 341 g/mol. The van der Waals surface area contributed by atoms with Crippen LogP contribution < -0.4 is 5.43 Å². The Labute approximate surface area is 123 Å². The van der Waals surface area contributed by atoms with Crippen LogP contribution >= 0.6 is 15.9 Å². The minimum absolute atomic E-state index is 0.0806. The number of ether oxygens (including phenoxy) is 1. The Hall–Kier alpha value is -1.69. The molecular formula is C14H13BrFNO3. The van der Waals surface area contributed by atoms with Crippen LogP contribution in [0.5, 0.6) is 0 Å². The standard InChI is InChI=1S/C14H13BrFNO3/c1-3-17-7-9(14(19)20-4-2)13(18)8-5-11(16)10(15)6-12(8)17/h5-7H,3-4H2,1-2H3. The van der Waals surface area contributed by atoms with E-state index >= 15 is 0 Å². The van der Waals surface area contributed by atoms with E-state index in [4.69, 9.17) is 4.74 Å². The van der Waals surface area contributed by atoms with Crippen LogP contribution in [-0.4, -0.2) is 17.1 Å². The number of aryl methyl sites for hydroxylation is 1. The van der Waals surface area contributed by atoms with Crippen molar-refractivity contribution in [1.82, 2.24) is 4.57 Å². The molecule has 0 atom stereocenters. The lowest BCUT2D eigenvalue weighted by Gasteiger charge is -2.11. The van der Waals surface area contributed by atoms with Gasteiger partial charge >= 0.3 is 5.97 Å². The van der Waals surface area contributed by atoms with Crippen LogP contribution in [0, 0.1) is 5.82 Å². The summed E-state index contributed by atoms with van der Waals surface area (Å²) in [5.74, 6) is -1.23. The van der Waals surface area contributed by atoms with Crippen LogP contribution in [0.25, 0.3) is 10.9 Å². The van der Waals surface area contributed by atoms with Crippen molar-refractivity contribution in [2.24, 2.45) is 0 Å². The minimum atomic E-state index is -0.690. The highest BCUT2D eigenvalue weighted by molar-refractivity contribution is 9.10. The third-order valence-electron chi connectivity index (χ3n) is 2.96. The molecular weight excluding hydrogens is 329 g/mol. The Kier molecular flexibility index (Phi) is 4.23. The van der Waals surface area contributed by atoms with Crippen molar-refractivity contribution in [3.8, 4) is 0 Å². The van der Waals surface area contributed by atoms with Crippen LogP contribution in [0.3, 0.4) is 0 Å². The van der Waals surface area contributed by atoms with Gasteiger partial charge in [0, 0.05) is 18.1 Å². The zero-order chi connectivity index (χ0) is 14.9. The fourth-order valence-electron chi connectivity index (χ4n) is 2.00. The lowest BCUT2D eigenvalue weighted by atomic mass is 10.1. The van der Waals surface area contributed by atoms with Crippen LogP contribution in [0.1, 0.15) is 24.2 Å². The summed E-state index contributed by atoms with van der Waals surface area (Å²) in [6, 6.07) is 2.67. The molecule has 1 heterocycles. The maximum Gasteiger partial charge on any atom is 0.343 e. The lowest BCUT2D eigenvalue weighted by molar-refractivity contribution is 0.0524. The van der Waals surface area contributed by atoms with Gasteiger partial charge in [0.2, 0.25) is 5.43 Å². The number of nitrogens with zero attached hydrogens (tertiary/aromatic N) is 1. The molecule has 2 aromatic rings. The van der Waals surface area contributed by atoms with Crippen LogP contribution in [-0.2, 0) is 11.3 Å². The second-order valence-corrected chi connectivity index (χ2v) is 5.02. The predicted molar refractivity (Wildman–Crippen MR) is 77.5 cm³/mol. The van der Waals surface area contributed by atoms with E-state index in [2.05, 4.69) is 15.9 Å². The Morgan fingerprint density at radius 3 is 2.70 bits per heavy atom. The van der Waals surface area contributed by atoms with E-state index in [1.54, 1.807) is 11.5 Å². The van der Waals surface area contributed by atoms with Gasteiger partial charge in [-0.05, 0) is 41.9 Å². The topological polar surface area (TPSA) is 48.3 Å². The van der Waals surface area contributed by atoms with E-state index in [-0.39, 0.29) is 22.0 Å². The van der Waals surface area contributed by atoms with E-state index < -0.39 is 17.2 Å². The molecule has 0 fully saturated rings. The van der Waals surface area contributed by atoms with Gasteiger partial charge in [-0.25, -0.2) is 9.18 Å². The third kappa shape index (κ3) is 2.47. The van der Waals surface area contributed by atoms with E-state index in [1.807, 2.05) is 6.92 Å². The highest BCUT2D eigenvalue weighted by Gasteiger charge is 2.17. The van der Waals surface area contributed by atoms with Crippen molar-refractivity contribution < 1.29 is 13.9 Å². The first-order valence-electron chi connectivity index (χ1n) is 6.18. The molecule has 4 nitrogen and oxygen atoms in total. The smallest absolute Gasteiger partial charge is 0.343 e. The lowest BCUT2D eigenvalue weighted by Crippen LogP contribution is -2.21. The molecule has 20 heavy (non-hydrogen) atoms. The first kappa shape index (κ1) is 14.7. The number of halogens is 2. The Bertz CT molecular complexity index is 739. The van der Waals surface area contributed by atoms with Gasteiger partial charge in [0.05, 0.1) is 16.6 Å². The summed E-state index contributed by atoms with van der Waals surface area (Å²) in [4.78, 5) is 24.1. The number of fused-ring (bicyclic) bond motifs is 1. The minimum Gasteiger partial charge on any atom is -0.462 e. The van der Waals surface area contributed by atoms with E-state index in [1.165, 1.54) is 12.3 Å². The average molecular weight is 342 g/mol. The number of benzene rings is 1. The van der Waals surface area contributed by atoms with Gasteiger partial charge in [0.15, 0.2) is 0 Å². The van der Waals surface area contributed by atoms with Gasteiger partial charge in [-0.3, -0.25) is 4.79 Å². The molecule has 2 rings (SSSR count). The summed E-state index contributed by atoms with van der Waals surface area (Å²) >= 11 is 3.09. The molecule has 0 aliphatic carbocycles. The quantitative estimate of drug-likeness (QED) is 0.806. The van der Waals surface area contributed by atoms with Crippen molar-refractivity contribution in [2.75, 3.05) is 6.61 Å². The number of carbonyl (C=O) groups is 1. The van der Waals surface area contributed by atoms with E-state index in [0.29, 0.717) is 12.1 Å². The molecule has 106 valence electrons. The molecule has 0 saturated carbocycles. The number of aromatic nitrogens is 1. The van der Waals surface area contributed by atoms with Crippen LogP contribution in [0.2, 0.25) is 0 Å². The Balaban J connectivity index is 2.81. The summed E-state index contributed by atoms with van der Waals surface area (Å²) in [5.41, 5.74) is -0.0312. The number of pyridine rings is 1. The largest absolute Gasteiger partial charge is 0.462 e. The number of esters is 1. The van der Waals surface area contributed by atoms with Crippen molar-refractivity contribution >= 4 is 32.8 Å². The maximum absolute atomic E-state index is 13.6. The maximum atomic E-state index is 13.6. The summed E-state index contributed by atoms with van der Waals surface area (Å²) in [6.07, 6.45) is 1.45. The van der Waals surface area contributed by atoms with Gasteiger partial charge in [0.25, 0.3) is 0 Å². The Morgan fingerprint density at radius 1 is 1.40 bits per heavy atom. The fraction of sp³-hybridized carbons (Fsp3) is 0.286. The molecule has 1 aromatic carbocycles. The molecule has 0 aliphatic rings. The summed E-state index contributed by atoms with van der Waals surface area (Å²) in [7, 11) is 0. The summed E-state index contributed by atoms with van der Waals surface area (Å²) < 4.78 is 20.5. The highest BCUT2D eigenvalue weighted by atomic mass is 79.9. The second-order valence-electron chi connectivity index (χ2n) is 4.16. The van der Waals surface area contributed by atoms with E-state index in [0.717, 1.165) is 6.07 Å². The normalized spacial score (nSPS) is 10.8. The molecule has 0 unspecified atom stereocenters. The van der Waals surface area contributed by atoms with Crippen LogP contribution in [0.15, 0.2) is 27.6 Å². The van der Waals surface area contributed by atoms with Gasteiger partial charge in [-0.1, -0.05) is 0 Å². The molecule has 0 saturated heterocycles. The molecule has 0 amide bonds. The van der Waals surface area contributed by atoms with Crippen LogP contribution in [0.4, 0.5) is 4.39 Å². The SMILES string of the molecule is CCOC(=O)c1cn(CC)c2cc(Br)c(F)cc2c1=O. The first-order valence-corrected chi connectivity index (χ1v) is 6.98. The number of hydrogen-bond acceptors (Lipinski definition) is 3. The first-order chi connectivity index (χ1) is 9.49. The zero-order valence-electron chi connectivity index (χ0n) is 11.1. The van der Waals surface area contributed by atoms with Gasteiger partial charge in [0.1, 0.15) is 11.4 Å². The highest BCUT2D eigenvalue weighted by Crippen LogP contribution is 2.22. The molecule has 0 bridgehead atoms. The van der Waals surface area contributed by atoms with Gasteiger partial charge in [-0.2, -0.15) is 0 Å².